The molecule has 0 radical (unpaired) electrons. The average Bonchev–Trinajstić information content (AvgIpc) is 3.26. The van der Waals surface area contributed by atoms with Crippen LogP contribution in [0.25, 0.3) is 0 Å². The maximum atomic E-state index is 12.7. The Morgan fingerprint density at radius 1 is 1.26 bits per heavy atom. The molecule has 27 heavy (non-hydrogen) atoms. The van der Waals surface area contributed by atoms with E-state index in [1.807, 2.05) is 5.10 Å². The number of H-pyrrole nitrogens is 1. The van der Waals surface area contributed by atoms with Crippen LogP contribution in [0, 0.1) is 0 Å². The minimum atomic E-state index is -4.54. The second-order valence-electron chi connectivity index (χ2n) is 6.17. The van der Waals surface area contributed by atoms with Gasteiger partial charge < -0.3 is 5.32 Å². The number of hydrogen-bond donors (Lipinski definition) is 3. The summed E-state index contributed by atoms with van der Waals surface area (Å²) in [6.07, 6.45) is -0.798. The lowest BCUT2D eigenvalue weighted by Crippen LogP contribution is -2.37. The molecule has 1 aliphatic carbocycles. The zero-order chi connectivity index (χ0) is 19.4. The summed E-state index contributed by atoms with van der Waals surface area (Å²) in [4.78, 5) is 16.9. The number of aromatic nitrogens is 2. The number of hydrogen-bond acceptors (Lipinski definition) is 3. The number of alkyl halides is 3. The van der Waals surface area contributed by atoms with E-state index in [4.69, 9.17) is 11.6 Å². The average molecular weight is 400 g/mol. The summed E-state index contributed by atoms with van der Waals surface area (Å²) in [7, 11) is 0. The van der Waals surface area contributed by atoms with Crippen molar-refractivity contribution in [2.45, 2.75) is 37.9 Å². The van der Waals surface area contributed by atoms with Gasteiger partial charge in [-0.05, 0) is 31.0 Å². The molecule has 0 unspecified atom stereocenters. The lowest BCUT2D eigenvalue weighted by Gasteiger charge is -2.12. The second kappa shape index (κ2) is 7.99. The summed E-state index contributed by atoms with van der Waals surface area (Å²) in [6, 6.07) is 7.13. The van der Waals surface area contributed by atoms with Crippen LogP contribution in [0.1, 0.15) is 41.7 Å². The molecule has 0 aliphatic heterocycles. The Hall–Kier alpha value is -2.55. The van der Waals surface area contributed by atoms with Gasteiger partial charge in [0.2, 0.25) is 5.96 Å². The van der Waals surface area contributed by atoms with Gasteiger partial charge in [-0.15, -0.1) is 0 Å². The molecule has 1 aromatic carbocycles. The first kappa shape index (κ1) is 19.2. The van der Waals surface area contributed by atoms with Gasteiger partial charge in [-0.3, -0.25) is 15.2 Å². The number of amides is 1. The van der Waals surface area contributed by atoms with Crippen molar-refractivity contribution in [3.8, 4) is 0 Å². The molecule has 6 nitrogen and oxygen atoms in total. The highest BCUT2D eigenvalue weighted by Crippen LogP contribution is 2.28. The van der Waals surface area contributed by atoms with E-state index in [2.05, 4.69) is 20.7 Å². The fraction of sp³-hybridized carbons (Fsp3) is 0.353. The summed E-state index contributed by atoms with van der Waals surface area (Å²) in [5.41, 5.74) is -0.687. The zero-order valence-corrected chi connectivity index (χ0v) is 14.9. The Morgan fingerprint density at radius 3 is 2.63 bits per heavy atom. The van der Waals surface area contributed by atoms with Gasteiger partial charge in [-0.1, -0.05) is 30.5 Å². The first-order valence-corrected chi connectivity index (χ1v) is 8.73. The molecule has 144 valence electrons. The Balaban J connectivity index is 1.78. The lowest BCUT2D eigenvalue weighted by atomic mass is 10.2. The molecular weight excluding hydrogens is 383 g/mol. The van der Waals surface area contributed by atoms with Crippen LogP contribution in [-0.4, -0.2) is 28.1 Å². The third-order valence-corrected chi connectivity index (χ3v) is 4.32. The van der Waals surface area contributed by atoms with Crippen molar-refractivity contribution in [2.75, 3.05) is 5.32 Å². The highest BCUT2D eigenvalue weighted by atomic mass is 35.5. The number of rotatable bonds is 3. The topological polar surface area (TPSA) is 82.2 Å². The number of aliphatic imine (C=N–C) groups is 1. The zero-order valence-electron chi connectivity index (χ0n) is 14.1. The summed E-state index contributed by atoms with van der Waals surface area (Å²) in [6.45, 7) is 0. The van der Waals surface area contributed by atoms with Gasteiger partial charge in [0.05, 0.1) is 6.04 Å². The fourth-order valence-corrected chi connectivity index (χ4v) is 2.96. The molecule has 1 fully saturated rings. The Bertz CT molecular complexity index is 843. The third kappa shape index (κ3) is 5.22. The van der Waals surface area contributed by atoms with Crippen LogP contribution >= 0.6 is 11.6 Å². The number of benzene rings is 1. The highest BCUT2D eigenvalue weighted by Gasteiger charge is 2.33. The van der Waals surface area contributed by atoms with Gasteiger partial charge in [-0.2, -0.15) is 18.3 Å². The van der Waals surface area contributed by atoms with Crippen LogP contribution in [0.4, 0.5) is 19.0 Å². The number of halogens is 4. The summed E-state index contributed by atoms with van der Waals surface area (Å²) in [5, 5.41) is 11.1. The van der Waals surface area contributed by atoms with Gasteiger partial charge >= 0.3 is 6.18 Å². The Morgan fingerprint density at radius 2 is 2.00 bits per heavy atom. The van der Waals surface area contributed by atoms with E-state index >= 15 is 0 Å². The normalized spacial score (nSPS) is 15.8. The smallest absolute Gasteiger partial charge is 0.309 e. The maximum absolute atomic E-state index is 12.7. The van der Waals surface area contributed by atoms with Gasteiger partial charge in [0, 0.05) is 16.7 Å². The molecule has 0 atom stereocenters. The Labute approximate surface area is 158 Å². The van der Waals surface area contributed by atoms with Gasteiger partial charge in [-0.25, -0.2) is 4.99 Å². The second-order valence-corrected chi connectivity index (χ2v) is 6.61. The van der Waals surface area contributed by atoms with E-state index in [0.29, 0.717) is 10.6 Å². The van der Waals surface area contributed by atoms with Gasteiger partial charge in [0.15, 0.2) is 5.82 Å². The lowest BCUT2D eigenvalue weighted by molar-refractivity contribution is -0.141. The van der Waals surface area contributed by atoms with E-state index in [1.165, 1.54) is 6.07 Å². The number of guanidine groups is 1. The molecule has 3 rings (SSSR count). The van der Waals surface area contributed by atoms with Crippen LogP contribution in [-0.2, 0) is 6.18 Å². The molecule has 2 aromatic rings. The number of carbonyl (C=O) groups excluding carboxylic acids is 1. The standard InChI is InChI=1S/C17H17ClF3N5O/c18-11-5-3-4-10(8-11)15(27)24-16(22-12-6-1-2-7-12)23-14-9-13(25-26-14)17(19,20)21/h3-5,8-9,12H,1-2,6-7H2,(H3,22,23,24,25,26,27). The summed E-state index contributed by atoms with van der Waals surface area (Å²) >= 11 is 5.89. The van der Waals surface area contributed by atoms with Crippen LogP contribution in [0.5, 0.6) is 0 Å². The summed E-state index contributed by atoms with van der Waals surface area (Å²) in [5.74, 6) is -0.522. The molecule has 3 N–H and O–H groups in total. The van der Waals surface area contributed by atoms with Crippen LogP contribution in [0.2, 0.25) is 5.02 Å². The molecule has 0 saturated heterocycles. The van der Waals surface area contributed by atoms with Crippen molar-refractivity contribution >= 4 is 29.3 Å². The minimum absolute atomic E-state index is 0.00631. The van der Waals surface area contributed by atoms with Crippen LogP contribution < -0.4 is 10.6 Å². The van der Waals surface area contributed by atoms with Crippen molar-refractivity contribution in [3.63, 3.8) is 0 Å². The molecule has 1 aromatic heterocycles. The first-order chi connectivity index (χ1) is 12.8. The SMILES string of the molecule is O=C(NC(=NC1CCCC1)Nc1cc(C(F)(F)F)[nH]n1)c1cccc(Cl)c1. The van der Waals surface area contributed by atoms with E-state index in [-0.39, 0.29) is 17.8 Å². The largest absolute Gasteiger partial charge is 0.432 e. The molecule has 1 amide bonds. The molecule has 1 aliphatic rings. The van der Waals surface area contributed by atoms with Crippen LogP contribution in [0.3, 0.4) is 0 Å². The predicted octanol–water partition coefficient (Wildman–Crippen LogP) is 4.22. The maximum Gasteiger partial charge on any atom is 0.432 e. The van der Waals surface area contributed by atoms with E-state index in [1.54, 1.807) is 18.2 Å². The number of aromatic amines is 1. The molecule has 1 heterocycles. The first-order valence-electron chi connectivity index (χ1n) is 8.35. The summed E-state index contributed by atoms with van der Waals surface area (Å²) < 4.78 is 38.2. The monoisotopic (exact) mass is 399 g/mol. The molecule has 10 heteroatoms. The van der Waals surface area contributed by atoms with Crippen molar-refractivity contribution in [1.29, 1.82) is 0 Å². The van der Waals surface area contributed by atoms with Crippen molar-refractivity contribution < 1.29 is 18.0 Å². The number of nitrogens with one attached hydrogen (secondary N) is 3. The number of nitrogens with zero attached hydrogens (tertiary/aromatic N) is 2. The number of anilines is 1. The third-order valence-electron chi connectivity index (χ3n) is 4.08. The van der Waals surface area contributed by atoms with Crippen molar-refractivity contribution in [3.05, 3.63) is 46.6 Å². The molecule has 1 saturated carbocycles. The van der Waals surface area contributed by atoms with Crippen molar-refractivity contribution in [2.24, 2.45) is 4.99 Å². The van der Waals surface area contributed by atoms with E-state index in [9.17, 15) is 18.0 Å². The van der Waals surface area contributed by atoms with Gasteiger partial charge in [0.1, 0.15) is 5.69 Å². The number of carbonyl (C=O) groups is 1. The highest BCUT2D eigenvalue weighted by molar-refractivity contribution is 6.31. The molecule has 0 bridgehead atoms. The Kier molecular flexibility index (Phi) is 5.69. The predicted molar refractivity (Wildman–Crippen MR) is 95.8 cm³/mol. The van der Waals surface area contributed by atoms with E-state index in [0.717, 1.165) is 31.7 Å². The molecule has 0 spiro atoms. The minimum Gasteiger partial charge on any atom is -0.309 e. The van der Waals surface area contributed by atoms with Gasteiger partial charge in [0.25, 0.3) is 5.91 Å². The quantitative estimate of drug-likeness (QED) is 0.533. The fourth-order valence-electron chi connectivity index (χ4n) is 2.77. The van der Waals surface area contributed by atoms with E-state index < -0.39 is 17.8 Å². The van der Waals surface area contributed by atoms with Crippen molar-refractivity contribution in [1.82, 2.24) is 15.5 Å². The van der Waals surface area contributed by atoms with Crippen LogP contribution in [0.15, 0.2) is 35.3 Å². The molecular formula is C17H17ClF3N5O.